The van der Waals surface area contributed by atoms with Crippen molar-refractivity contribution in [3.63, 3.8) is 0 Å². The van der Waals surface area contributed by atoms with E-state index >= 15 is 0 Å². The van der Waals surface area contributed by atoms with Gasteiger partial charge in [0.2, 0.25) is 5.91 Å². The van der Waals surface area contributed by atoms with Crippen LogP contribution in [0.25, 0.3) is 0 Å². The fourth-order valence-corrected chi connectivity index (χ4v) is 3.15. The molecular weight excluding hydrogens is 260 g/mol. The molecule has 2 aliphatic rings. The number of piperidine rings is 1. The Morgan fingerprint density at radius 2 is 2.15 bits per heavy atom. The van der Waals surface area contributed by atoms with Crippen molar-refractivity contribution in [3.8, 4) is 0 Å². The molecule has 2 saturated heterocycles. The van der Waals surface area contributed by atoms with E-state index in [-0.39, 0.29) is 17.1 Å². The molecule has 0 bridgehead atoms. The number of H-pyrrole nitrogens is 1. The van der Waals surface area contributed by atoms with Crippen molar-refractivity contribution in [3.05, 3.63) is 22.2 Å². The van der Waals surface area contributed by atoms with Gasteiger partial charge in [-0.3, -0.25) is 9.59 Å². The number of nitrogens with one attached hydrogen (secondary N) is 1. The number of rotatable bonds is 3. The van der Waals surface area contributed by atoms with Crippen molar-refractivity contribution in [1.29, 1.82) is 0 Å². The molecule has 0 radical (unpaired) electrons. The van der Waals surface area contributed by atoms with Crippen LogP contribution < -0.4 is 5.56 Å². The van der Waals surface area contributed by atoms with Gasteiger partial charge in [0, 0.05) is 38.6 Å². The maximum absolute atomic E-state index is 12.1. The molecule has 0 aromatic carbocycles. The van der Waals surface area contributed by atoms with Gasteiger partial charge < -0.3 is 14.2 Å². The number of aromatic amines is 1. The highest BCUT2D eigenvalue weighted by atomic mass is 16.5. The molecule has 1 aromatic rings. The summed E-state index contributed by atoms with van der Waals surface area (Å²) in [4.78, 5) is 25.0. The molecule has 2 aliphatic heterocycles. The van der Waals surface area contributed by atoms with Gasteiger partial charge in [0.05, 0.1) is 5.60 Å². The van der Waals surface area contributed by atoms with E-state index in [1.165, 1.54) is 6.07 Å². The zero-order valence-electron chi connectivity index (χ0n) is 11.5. The molecule has 0 saturated carbocycles. The van der Waals surface area contributed by atoms with E-state index in [0.29, 0.717) is 18.6 Å². The number of hydrogen-bond acceptors (Lipinski definition) is 4. The Balaban J connectivity index is 1.48. The van der Waals surface area contributed by atoms with Gasteiger partial charge in [-0.25, -0.2) is 0 Å². The molecule has 20 heavy (non-hydrogen) atoms. The molecule has 0 atom stereocenters. The molecule has 0 aliphatic carbocycles. The van der Waals surface area contributed by atoms with Crippen LogP contribution >= 0.6 is 0 Å². The smallest absolute Gasteiger partial charge is 0.280 e. The Bertz CT molecular complexity index is 517. The third-order valence-corrected chi connectivity index (χ3v) is 4.37. The van der Waals surface area contributed by atoms with Crippen molar-refractivity contribution in [2.24, 2.45) is 0 Å². The number of likely N-dealkylation sites (tertiary alicyclic amines) is 1. The van der Waals surface area contributed by atoms with Crippen LogP contribution in [0.4, 0.5) is 0 Å². The maximum atomic E-state index is 12.1. The van der Waals surface area contributed by atoms with Gasteiger partial charge in [-0.05, 0) is 25.7 Å². The van der Waals surface area contributed by atoms with Crippen LogP contribution in [0.1, 0.15) is 37.9 Å². The lowest BCUT2D eigenvalue weighted by Crippen LogP contribution is -2.46. The van der Waals surface area contributed by atoms with Crippen LogP contribution in [0.2, 0.25) is 0 Å². The summed E-state index contributed by atoms with van der Waals surface area (Å²) in [5, 5.41) is 2.23. The van der Waals surface area contributed by atoms with E-state index in [1.54, 1.807) is 0 Å². The Morgan fingerprint density at radius 3 is 2.75 bits per heavy atom. The number of aryl methyl sites for hydroxylation is 1. The normalized spacial score (nSPS) is 21.5. The summed E-state index contributed by atoms with van der Waals surface area (Å²) >= 11 is 0. The second-order valence-corrected chi connectivity index (χ2v) is 5.69. The minimum absolute atomic E-state index is 0.0458. The number of nitrogens with zero attached hydrogens (tertiary/aromatic N) is 1. The second-order valence-electron chi connectivity index (χ2n) is 5.69. The Labute approximate surface area is 117 Å². The van der Waals surface area contributed by atoms with E-state index in [2.05, 4.69) is 5.16 Å². The minimum Gasteiger partial charge on any atom is -0.384 e. The van der Waals surface area contributed by atoms with E-state index in [9.17, 15) is 9.59 Å². The van der Waals surface area contributed by atoms with Gasteiger partial charge in [0.25, 0.3) is 5.56 Å². The van der Waals surface area contributed by atoms with Crippen LogP contribution in [-0.2, 0) is 16.0 Å². The predicted molar refractivity (Wildman–Crippen MR) is 71.4 cm³/mol. The summed E-state index contributed by atoms with van der Waals surface area (Å²) < 4.78 is 10.8. The van der Waals surface area contributed by atoms with E-state index in [0.717, 1.165) is 45.4 Å². The van der Waals surface area contributed by atoms with Crippen molar-refractivity contribution < 1.29 is 14.1 Å². The van der Waals surface area contributed by atoms with Crippen molar-refractivity contribution >= 4 is 5.91 Å². The quantitative estimate of drug-likeness (QED) is 0.898. The van der Waals surface area contributed by atoms with Gasteiger partial charge in [-0.1, -0.05) is 0 Å². The number of aromatic nitrogens is 1. The molecule has 1 amide bonds. The van der Waals surface area contributed by atoms with E-state index < -0.39 is 0 Å². The van der Waals surface area contributed by atoms with E-state index in [1.807, 2.05) is 4.90 Å². The summed E-state index contributed by atoms with van der Waals surface area (Å²) in [6, 6.07) is 1.39. The largest absolute Gasteiger partial charge is 0.384 e. The molecule has 2 fully saturated rings. The monoisotopic (exact) mass is 280 g/mol. The lowest BCUT2D eigenvalue weighted by atomic mass is 9.88. The zero-order chi connectivity index (χ0) is 14.0. The summed E-state index contributed by atoms with van der Waals surface area (Å²) in [6.07, 6.45) is 5.00. The number of carbonyl (C=O) groups is 1. The lowest BCUT2D eigenvalue weighted by molar-refractivity contribution is -0.136. The zero-order valence-corrected chi connectivity index (χ0v) is 11.5. The average molecular weight is 280 g/mol. The molecule has 1 N–H and O–H groups in total. The van der Waals surface area contributed by atoms with Crippen LogP contribution in [0, 0.1) is 0 Å². The molecule has 3 heterocycles. The van der Waals surface area contributed by atoms with Crippen LogP contribution in [0.15, 0.2) is 15.4 Å². The summed E-state index contributed by atoms with van der Waals surface area (Å²) in [5.41, 5.74) is -0.213. The third-order valence-electron chi connectivity index (χ3n) is 4.37. The molecule has 1 aromatic heterocycles. The Hall–Kier alpha value is -1.56. The van der Waals surface area contributed by atoms with Gasteiger partial charge in [0.1, 0.15) is 5.76 Å². The summed E-state index contributed by atoms with van der Waals surface area (Å²) in [6.45, 7) is 2.41. The predicted octanol–water partition coefficient (Wildman–Crippen LogP) is 1.07. The fraction of sp³-hybridized carbons (Fsp3) is 0.714. The first-order valence-corrected chi connectivity index (χ1v) is 7.26. The summed E-state index contributed by atoms with van der Waals surface area (Å²) in [7, 11) is 0. The van der Waals surface area contributed by atoms with Crippen LogP contribution in [-0.4, -0.2) is 41.3 Å². The topological polar surface area (TPSA) is 75.5 Å². The van der Waals surface area contributed by atoms with Gasteiger partial charge in [-0.15, -0.1) is 0 Å². The highest BCUT2D eigenvalue weighted by Crippen LogP contribution is 2.35. The second kappa shape index (κ2) is 5.44. The lowest BCUT2D eigenvalue weighted by Gasteiger charge is -2.38. The highest BCUT2D eigenvalue weighted by Gasteiger charge is 2.39. The SMILES string of the molecule is O=C(CCc1cc(=O)[nH]o1)N1CCC2(CCCO2)CC1. The standard InChI is InChI=1S/C14H20N2O4/c17-12-10-11(20-15-12)2-3-13(18)16-7-5-14(6-8-16)4-1-9-19-14/h10H,1-9H2,(H,15,17). The molecule has 6 nitrogen and oxygen atoms in total. The Morgan fingerprint density at radius 1 is 1.35 bits per heavy atom. The first-order valence-electron chi connectivity index (χ1n) is 7.26. The summed E-state index contributed by atoms with van der Waals surface area (Å²) in [5.74, 6) is 0.664. The molecule has 110 valence electrons. The number of carbonyl (C=O) groups excluding carboxylic acids is 1. The Kier molecular flexibility index (Phi) is 3.65. The van der Waals surface area contributed by atoms with Gasteiger partial charge in [0.15, 0.2) is 0 Å². The minimum atomic E-state index is -0.259. The first-order chi connectivity index (χ1) is 9.67. The molecule has 0 unspecified atom stereocenters. The number of amides is 1. The maximum Gasteiger partial charge on any atom is 0.280 e. The molecule has 6 heteroatoms. The average Bonchev–Trinajstić information content (AvgIpc) is 3.07. The van der Waals surface area contributed by atoms with Gasteiger partial charge >= 0.3 is 0 Å². The number of hydrogen-bond donors (Lipinski definition) is 1. The van der Waals surface area contributed by atoms with E-state index in [4.69, 9.17) is 9.26 Å². The molecule has 1 spiro atoms. The van der Waals surface area contributed by atoms with Gasteiger partial charge in [-0.2, -0.15) is 5.16 Å². The van der Waals surface area contributed by atoms with Crippen LogP contribution in [0.3, 0.4) is 0 Å². The third kappa shape index (κ3) is 2.80. The number of ether oxygens (including phenoxy) is 1. The molecular formula is C14H20N2O4. The fourth-order valence-electron chi connectivity index (χ4n) is 3.15. The highest BCUT2D eigenvalue weighted by molar-refractivity contribution is 5.76. The van der Waals surface area contributed by atoms with Crippen molar-refractivity contribution in [1.82, 2.24) is 10.1 Å². The van der Waals surface area contributed by atoms with Crippen molar-refractivity contribution in [2.75, 3.05) is 19.7 Å². The molecule has 3 rings (SSSR count). The van der Waals surface area contributed by atoms with Crippen LogP contribution in [0.5, 0.6) is 0 Å². The first kappa shape index (κ1) is 13.4. The van der Waals surface area contributed by atoms with Crippen molar-refractivity contribution in [2.45, 2.75) is 44.1 Å².